The standard InChI is InChI=1S/C11H10O2/c1-3-4-5-9-8(2)10(12)6-7-11(9)13/h3-7H,2H2,1H3/b4-3-,9-5+. The summed E-state index contributed by atoms with van der Waals surface area (Å²) in [6, 6.07) is 0. The Balaban J connectivity index is 3.09. The second kappa shape index (κ2) is 3.81. The van der Waals surface area contributed by atoms with Crippen LogP contribution in [-0.2, 0) is 9.59 Å². The van der Waals surface area contributed by atoms with Gasteiger partial charge in [0.25, 0.3) is 0 Å². The average molecular weight is 174 g/mol. The maximum Gasteiger partial charge on any atom is 0.186 e. The molecule has 1 aliphatic carbocycles. The highest BCUT2D eigenvalue weighted by molar-refractivity contribution is 6.24. The SMILES string of the molecule is C=C1C(=O)C=CC(=O)/C1=C/C=C\C. The van der Waals surface area contributed by atoms with Crippen LogP contribution in [0.4, 0.5) is 0 Å². The Hall–Kier alpha value is -1.70. The molecule has 0 spiro atoms. The van der Waals surface area contributed by atoms with Gasteiger partial charge in [-0.15, -0.1) is 0 Å². The van der Waals surface area contributed by atoms with Gasteiger partial charge in [0.15, 0.2) is 11.6 Å². The molecule has 0 fully saturated rings. The largest absolute Gasteiger partial charge is 0.289 e. The molecule has 0 heterocycles. The Morgan fingerprint density at radius 2 is 1.85 bits per heavy atom. The average Bonchev–Trinajstić information content (AvgIpc) is 2.12. The molecule has 13 heavy (non-hydrogen) atoms. The first-order valence-electron chi connectivity index (χ1n) is 3.96. The molecule has 0 radical (unpaired) electrons. The van der Waals surface area contributed by atoms with E-state index in [0.29, 0.717) is 5.57 Å². The van der Waals surface area contributed by atoms with Crippen molar-refractivity contribution in [3.05, 3.63) is 48.1 Å². The molecule has 0 unspecified atom stereocenters. The van der Waals surface area contributed by atoms with Gasteiger partial charge >= 0.3 is 0 Å². The van der Waals surface area contributed by atoms with Crippen LogP contribution in [0.3, 0.4) is 0 Å². The normalized spacial score (nSPS) is 20.7. The molecular formula is C11H10O2. The first kappa shape index (κ1) is 9.39. The second-order valence-electron chi connectivity index (χ2n) is 2.65. The van der Waals surface area contributed by atoms with Crippen molar-refractivity contribution < 1.29 is 9.59 Å². The van der Waals surface area contributed by atoms with Crippen LogP contribution in [-0.4, -0.2) is 11.6 Å². The summed E-state index contributed by atoms with van der Waals surface area (Å²) in [4.78, 5) is 22.4. The van der Waals surface area contributed by atoms with Crippen LogP contribution in [0, 0.1) is 0 Å². The maximum atomic E-state index is 11.3. The Morgan fingerprint density at radius 1 is 1.23 bits per heavy atom. The third kappa shape index (κ3) is 1.90. The fourth-order valence-electron chi connectivity index (χ4n) is 0.998. The maximum absolute atomic E-state index is 11.3. The van der Waals surface area contributed by atoms with Gasteiger partial charge < -0.3 is 0 Å². The predicted molar refractivity (Wildman–Crippen MR) is 51.2 cm³/mol. The predicted octanol–water partition coefficient (Wildman–Crippen LogP) is 1.75. The van der Waals surface area contributed by atoms with Gasteiger partial charge in [0.1, 0.15) is 0 Å². The van der Waals surface area contributed by atoms with Gasteiger partial charge in [-0.05, 0) is 19.1 Å². The van der Waals surface area contributed by atoms with Crippen LogP contribution in [0.2, 0.25) is 0 Å². The Labute approximate surface area is 76.9 Å². The number of hydrogen-bond acceptors (Lipinski definition) is 2. The molecule has 1 aliphatic rings. The molecule has 0 bridgehead atoms. The van der Waals surface area contributed by atoms with Gasteiger partial charge in [0, 0.05) is 11.1 Å². The monoisotopic (exact) mass is 174 g/mol. The highest BCUT2D eigenvalue weighted by Crippen LogP contribution is 2.16. The van der Waals surface area contributed by atoms with Gasteiger partial charge in [-0.3, -0.25) is 9.59 Å². The molecule has 2 heteroatoms. The van der Waals surface area contributed by atoms with Gasteiger partial charge in [0.2, 0.25) is 0 Å². The van der Waals surface area contributed by atoms with Crippen molar-refractivity contribution in [2.24, 2.45) is 0 Å². The molecule has 0 aliphatic heterocycles. The quantitative estimate of drug-likeness (QED) is 0.567. The van der Waals surface area contributed by atoms with E-state index < -0.39 is 0 Å². The summed E-state index contributed by atoms with van der Waals surface area (Å²) in [7, 11) is 0. The lowest BCUT2D eigenvalue weighted by Gasteiger charge is -2.07. The Bertz CT molecular complexity index is 354. The van der Waals surface area contributed by atoms with E-state index in [2.05, 4.69) is 6.58 Å². The molecule has 0 N–H and O–H groups in total. The number of allylic oxidation sites excluding steroid dienone is 7. The van der Waals surface area contributed by atoms with E-state index in [1.165, 1.54) is 12.2 Å². The fourth-order valence-corrected chi connectivity index (χ4v) is 0.998. The Kier molecular flexibility index (Phi) is 2.75. The lowest BCUT2D eigenvalue weighted by Crippen LogP contribution is -2.13. The van der Waals surface area contributed by atoms with Gasteiger partial charge in [0.05, 0.1) is 0 Å². The van der Waals surface area contributed by atoms with Crippen molar-refractivity contribution in [3.63, 3.8) is 0 Å². The number of carbonyl (C=O) groups excluding carboxylic acids is 2. The minimum absolute atomic E-state index is 0.164. The number of carbonyl (C=O) groups is 2. The van der Waals surface area contributed by atoms with Crippen molar-refractivity contribution >= 4 is 11.6 Å². The lowest BCUT2D eigenvalue weighted by atomic mass is 9.93. The summed E-state index contributed by atoms with van der Waals surface area (Å²) in [5.41, 5.74) is 0.649. The zero-order chi connectivity index (χ0) is 9.84. The third-order valence-corrected chi connectivity index (χ3v) is 1.73. The molecule has 2 nitrogen and oxygen atoms in total. The molecular weight excluding hydrogens is 164 g/mol. The van der Waals surface area contributed by atoms with Gasteiger partial charge in [-0.2, -0.15) is 0 Å². The molecule has 0 aromatic carbocycles. The summed E-state index contributed by atoms with van der Waals surface area (Å²) in [6.45, 7) is 5.39. The van der Waals surface area contributed by atoms with Gasteiger partial charge in [-0.1, -0.05) is 24.8 Å². The topological polar surface area (TPSA) is 34.1 Å². The zero-order valence-electron chi connectivity index (χ0n) is 7.41. The van der Waals surface area contributed by atoms with Crippen LogP contribution in [0.1, 0.15) is 6.92 Å². The van der Waals surface area contributed by atoms with Crippen molar-refractivity contribution in [1.82, 2.24) is 0 Å². The summed E-state index contributed by atoms with van der Waals surface area (Å²) in [5.74, 6) is -0.363. The number of hydrogen-bond donors (Lipinski definition) is 0. The molecule has 0 saturated carbocycles. The van der Waals surface area contributed by atoms with Crippen molar-refractivity contribution in [2.45, 2.75) is 6.92 Å². The summed E-state index contributed by atoms with van der Waals surface area (Å²) < 4.78 is 0. The fraction of sp³-hybridized carbons (Fsp3) is 0.0909. The summed E-state index contributed by atoms with van der Waals surface area (Å²) in [6.07, 6.45) is 7.62. The highest BCUT2D eigenvalue weighted by atomic mass is 16.1. The molecule has 0 atom stereocenters. The Morgan fingerprint density at radius 3 is 2.46 bits per heavy atom. The van der Waals surface area contributed by atoms with E-state index in [4.69, 9.17) is 0 Å². The molecule has 66 valence electrons. The van der Waals surface area contributed by atoms with E-state index >= 15 is 0 Å². The van der Waals surface area contributed by atoms with E-state index in [1.807, 2.05) is 6.92 Å². The van der Waals surface area contributed by atoms with E-state index in [1.54, 1.807) is 18.2 Å². The van der Waals surface area contributed by atoms with Crippen LogP contribution < -0.4 is 0 Å². The van der Waals surface area contributed by atoms with Crippen molar-refractivity contribution in [1.29, 1.82) is 0 Å². The minimum atomic E-state index is -0.199. The lowest BCUT2D eigenvalue weighted by molar-refractivity contribution is -0.115. The van der Waals surface area contributed by atoms with E-state index in [0.717, 1.165) is 0 Å². The first-order chi connectivity index (χ1) is 6.16. The number of ketones is 2. The number of rotatable bonds is 1. The third-order valence-electron chi connectivity index (χ3n) is 1.73. The van der Waals surface area contributed by atoms with Crippen LogP contribution in [0.5, 0.6) is 0 Å². The second-order valence-corrected chi connectivity index (χ2v) is 2.65. The molecule has 0 aromatic rings. The molecule has 1 rings (SSSR count). The first-order valence-corrected chi connectivity index (χ1v) is 3.96. The molecule has 0 saturated heterocycles. The summed E-state index contributed by atoms with van der Waals surface area (Å²) in [5, 5.41) is 0. The molecule has 0 amide bonds. The minimum Gasteiger partial charge on any atom is -0.289 e. The summed E-state index contributed by atoms with van der Waals surface area (Å²) >= 11 is 0. The zero-order valence-corrected chi connectivity index (χ0v) is 7.41. The molecule has 0 aromatic heterocycles. The van der Waals surface area contributed by atoms with E-state index in [-0.39, 0.29) is 17.1 Å². The highest BCUT2D eigenvalue weighted by Gasteiger charge is 2.19. The smallest absolute Gasteiger partial charge is 0.186 e. The van der Waals surface area contributed by atoms with Crippen LogP contribution >= 0.6 is 0 Å². The van der Waals surface area contributed by atoms with Gasteiger partial charge in [-0.25, -0.2) is 0 Å². The van der Waals surface area contributed by atoms with Crippen LogP contribution in [0.15, 0.2) is 48.1 Å². The van der Waals surface area contributed by atoms with Crippen molar-refractivity contribution in [2.75, 3.05) is 0 Å². The van der Waals surface area contributed by atoms with E-state index in [9.17, 15) is 9.59 Å². The van der Waals surface area contributed by atoms with Crippen molar-refractivity contribution in [3.8, 4) is 0 Å². The van der Waals surface area contributed by atoms with Crippen LogP contribution in [0.25, 0.3) is 0 Å².